The second-order valence-corrected chi connectivity index (χ2v) is 2.76. The Kier molecular flexibility index (Phi) is 4.20. The van der Waals surface area contributed by atoms with E-state index >= 15 is 0 Å². The zero-order chi connectivity index (χ0) is 6.85. The number of hydrogen-bond donors (Lipinski definition) is 2. The van der Waals surface area contributed by atoms with Gasteiger partial charge in [0.1, 0.15) is 0 Å². The number of β-amino-alcohol motifs (C(OH)–C–C–N with tert-alkyl or cyclic N) is 2. The Morgan fingerprint density at radius 2 is 1.60 bits per heavy atom. The largest absolute Gasteiger partial charge is 0.392 e. The summed E-state index contributed by atoms with van der Waals surface area (Å²) in [6, 6.07) is 0. The summed E-state index contributed by atoms with van der Waals surface area (Å²) in [6.45, 7) is 1.38. The highest BCUT2D eigenvalue weighted by Crippen LogP contribution is 2.07. The van der Waals surface area contributed by atoms with E-state index in [4.69, 9.17) is 10.2 Å². The molecular formula is C6H14ClNO2. The lowest BCUT2D eigenvalue weighted by molar-refractivity contribution is 0.00210. The molecule has 0 saturated carbocycles. The first kappa shape index (κ1) is 10.2. The van der Waals surface area contributed by atoms with Crippen molar-refractivity contribution in [2.45, 2.75) is 18.6 Å². The summed E-state index contributed by atoms with van der Waals surface area (Å²) in [7, 11) is 1.89. The highest BCUT2D eigenvalue weighted by molar-refractivity contribution is 5.85. The Morgan fingerprint density at radius 1 is 1.20 bits per heavy atom. The van der Waals surface area contributed by atoms with E-state index in [-0.39, 0.29) is 24.6 Å². The summed E-state index contributed by atoms with van der Waals surface area (Å²) in [6.07, 6.45) is -0.137. The number of halogens is 1. The van der Waals surface area contributed by atoms with Crippen molar-refractivity contribution in [2.24, 2.45) is 0 Å². The molecule has 10 heavy (non-hydrogen) atoms. The van der Waals surface area contributed by atoms with Crippen molar-refractivity contribution in [2.75, 3.05) is 20.1 Å². The summed E-state index contributed by atoms with van der Waals surface area (Å²) in [5.74, 6) is 0. The fourth-order valence-corrected chi connectivity index (χ4v) is 1.26. The maximum Gasteiger partial charge on any atom is 0.0692 e. The molecule has 1 heterocycles. The third kappa shape index (κ3) is 2.84. The van der Waals surface area contributed by atoms with Gasteiger partial charge in [-0.25, -0.2) is 0 Å². The second kappa shape index (κ2) is 4.13. The predicted octanol–water partition coefficient (Wildman–Crippen LogP) is -0.535. The van der Waals surface area contributed by atoms with Crippen LogP contribution in [-0.4, -0.2) is 47.5 Å². The Morgan fingerprint density at radius 3 is 1.90 bits per heavy atom. The first-order valence-corrected chi connectivity index (χ1v) is 3.23. The maximum atomic E-state index is 9.05. The number of rotatable bonds is 0. The molecule has 3 nitrogen and oxygen atoms in total. The molecule has 0 aromatic carbocycles. The van der Waals surface area contributed by atoms with E-state index in [1.165, 1.54) is 0 Å². The van der Waals surface area contributed by atoms with Crippen molar-refractivity contribution in [3.05, 3.63) is 0 Å². The van der Waals surface area contributed by atoms with Gasteiger partial charge in [0.25, 0.3) is 0 Å². The standard InChI is InChI=1S/C6H13NO2.ClH/c1-7-3-5(8)2-6(9)4-7;/h5-6,8-9H,2-4H2,1H3;1H. The summed E-state index contributed by atoms with van der Waals surface area (Å²) in [5, 5.41) is 18.1. The molecule has 1 aliphatic rings. The minimum atomic E-state index is -0.334. The number of likely N-dealkylation sites (tertiary alicyclic amines) is 1. The molecule has 1 aliphatic heterocycles. The van der Waals surface area contributed by atoms with Crippen LogP contribution in [0.15, 0.2) is 0 Å². The van der Waals surface area contributed by atoms with Crippen LogP contribution in [0.5, 0.6) is 0 Å². The van der Waals surface area contributed by atoms with Crippen LogP contribution in [0, 0.1) is 0 Å². The zero-order valence-corrected chi connectivity index (χ0v) is 6.84. The van der Waals surface area contributed by atoms with E-state index in [0.717, 1.165) is 0 Å². The van der Waals surface area contributed by atoms with Gasteiger partial charge < -0.3 is 15.1 Å². The van der Waals surface area contributed by atoms with E-state index in [2.05, 4.69) is 0 Å². The Balaban J connectivity index is 0.000000810. The van der Waals surface area contributed by atoms with Crippen LogP contribution >= 0.6 is 12.4 Å². The van der Waals surface area contributed by atoms with E-state index in [9.17, 15) is 0 Å². The second-order valence-electron chi connectivity index (χ2n) is 2.76. The van der Waals surface area contributed by atoms with Gasteiger partial charge in [0.2, 0.25) is 0 Å². The maximum absolute atomic E-state index is 9.05. The summed E-state index contributed by atoms with van der Waals surface area (Å²) < 4.78 is 0. The molecular weight excluding hydrogens is 154 g/mol. The molecule has 0 spiro atoms. The molecule has 1 rings (SSSR count). The zero-order valence-electron chi connectivity index (χ0n) is 6.03. The van der Waals surface area contributed by atoms with Gasteiger partial charge in [0.05, 0.1) is 12.2 Å². The van der Waals surface area contributed by atoms with E-state index in [1.54, 1.807) is 0 Å². The van der Waals surface area contributed by atoms with Crippen molar-refractivity contribution < 1.29 is 10.2 Å². The van der Waals surface area contributed by atoms with Crippen LogP contribution < -0.4 is 0 Å². The monoisotopic (exact) mass is 167 g/mol. The molecule has 1 fully saturated rings. The SMILES string of the molecule is CN1CC(O)CC(O)C1.Cl. The molecule has 2 atom stereocenters. The summed E-state index contributed by atoms with van der Waals surface area (Å²) in [5.41, 5.74) is 0. The Bertz CT molecular complexity index is 76.7. The Labute approximate surface area is 67.1 Å². The number of hydrogen-bond acceptors (Lipinski definition) is 3. The molecule has 0 radical (unpaired) electrons. The van der Waals surface area contributed by atoms with Crippen LogP contribution in [0.3, 0.4) is 0 Å². The van der Waals surface area contributed by atoms with Gasteiger partial charge in [-0.05, 0) is 7.05 Å². The number of nitrogens with zero attached hydrogens (tertiary/aromatic N) is 1. The van der Waals surface area contributed by atoms with Crippen LogP contribution in [-0.2, 0) is 0 Å². The quantitative estimate of drug-likeness (QED) is 0.510. The number of aliphatic hydroxyl groups excluding tert-OH is 2. The Hall–Kier alpha value is 0.170. The van der Waals surface area contributed by atoms with E-state index in [1.807, 2.05) is 11.9 Å². The fourth-order valence-electron chi connectivity index (χ4n) is 1.26. The van der Waals surface area contributed by atoms with Gasteiger partial charge in [0.15, 0.2) is 0 Å². The summed E-state index contributed by atoms with van der Waals surface area (Å²) >= 11 is 0. The summed E-state index contributed by atoms with van der Waals surface area (Å²) in [4.78, 5) is 1.93. The third-order valence-corrected chi connectivity index (χ3v) is 1.59. The van der Waals surface area contributed by atoms with Gasteiger partial charge in [-0.2, -0.15) is 0 Å². The molecule has 0 aromatic rings. The van der Waals surface area contributed by atoms with Crippen LogP contribution in [0.1, 0.15) is 6.42 Å². The molecule has 0 aromatic heterocycles. The van der Waals surface area contributed by atoms with Crippen LogP contribution in [0.2, 0.25) is 0 Å². The average molecular weight is 168 g/mol. The molecule has 0 amide bonds. The lowest BCUT2D eigenvalue weighted by Crippen LogP contribution is -2.43. The normalized spacial score (nSPS) is 35.1. The van der Waals surface area contributed by atoms with Crippen molar-refractivity contribution in [1.29, 1.82) is 0 Å². The first-order valence-electron chi connectivity index (χ1n) is 3.23. The highest BCUT2D eigenvalue weighted by Gasteiger charge is 2.20. The molecule has 0 aliphatic carbocycles. The first-order chi connectivity index (χ1) is 4.18. The van der Waals surface area contributed by atoms with Gasteiger partial charge in [0, 0.05) is 19.5 Å². The molecule has 2 unspecified atom stereocenters. The van der Waals surface area contributed by atoms with Gasteiger partial charge in [-0.3, -0.25) is 0 Å². The average Bonchev–Trinajstić information content (AvgIpc) is 1.59. The van der Waals surface area contributed by atoms with Crippen LogP contribution in [0.4, 0.5) is 0 Å². The lowest BCUT2D eigenvalue weighted by Gasteiger charge is -2.29. The number of piperidine rings is 1. The van der Waals surface area contributed by atoms with Gasteiger partial charge in [-0.15, -0.1) is 12.4 Å². The van der Waals surface area contributed by atoms with Gasteiger partial charge in [-0.1, -0.05) is 0 Å². The number of likely N-dealkylation sites (N-methyl/N-ethyl adjacent to an activating group) is 1. The van der Waals surface area contributed by atoms with Crippen LogP contribution in [0.25, 0.3) is 0 Å². The smallest absolute Gasteiger partial charge is 0.0692 e. The van der Waals surface area contributed by atoms with E-state index in [0.29, 0.717) is 19.5 Å². The molecule has 62 valence electrons. The molecule has 1 saturated heterocycles. The molecule has 2 N–H and O–H groups in total. The molecule has 0 bridgehead atoms. The minimum Gasteiger partial charge on any atom is -0.392 e. The van der Waals surface area contributed by atoms with Crippen molar-refractivity contribution in [3.63, 3.8) is 0 Å². The van der Waals surface area contributed by atoms with Gasteiger partial charge >= 0.3 is 0 Å². The lowest BCUT2D eigenvalue weighted by atomic mass is 10.1. The fraction of sp³-hybridized carbons (Fsp3) is 1.00. The minimum absolute atomic E-state index is 0. The van der Waals surface area contributed by atoms with E-state index < -0.39 is 0 Å². The van der Waals surface area contributed by atoms with Crippen molar-refractivity contribution >= 4 is 12.4 Å². The highest BCUT2D eigenvalue weighted by atomic mass is 35.5. The topological polar surface area (TPSA) is 43.7 Å². The third-order valence-electron chi connectivity index (χ3n) is 1.59. The molecule has 4 heteroatoms. The number of aliphatic hydroxyl groups is 2. The predicted molar refractivity (Wildman–Crippen MR) is 41.4 cm³/mol. The van der Waals surface area contributed by atoms with Crippen molar-refractivity contribution in [1.82, 2.24) is 4.90 Å². The van der Waals surface area contributed by atoms with Crippen molar-refractivity contribution in [3.8, 4) is 0 Å².